The first kappa shape index (κ1) is 6.56. The highest BCUT2D eigenvalue weighted by molar-refractivity contribution is 5.66. The number of fused-ring (bicyclic) bond motifs is 1. The van der Waals surface area contributed by atoms with Crippen LogP contribution in [0.3, 0.4) is 0 Å². The van der Waals surface area contributed by atoms with E-state index in [1.807, 2.05) is 0 Å². The number of H-pyrrole nitrogens is 1. The van der Waals surface area contributed by atoms with Crippen LogP contribution < -0.4 is 6.15 Å². The van der Waals surface area contributed by atoms with E-state index < -0.39 is 0 Å². The van der Waals surface area contributed by atoms with Gasteiger partial charge in [0.15, 0.2) is 0 Å². The molecule has 0 radical (unpaired) electrons. The second-order valence-electron chi connectivity index (χ2n) is 1.56. The Hall–Kier alpha value is -1.56. The molecular weight excluding hydrogens is 132 g/mol. The van der Waals surface area contributed by atoms with Crippen LogP contribution in [0.5, 0.6) is 0 Å². The monoisotopic (exact) mass is 138 g/mol. The molecule has 0 atom stereocenters. The quantitative estimate of drug-likeness (QED) is 0.529. The second kappa shape index (κ2) is 2.36. The lowest BCUT2D eigenvalue weighted by atomic mass is 10.6. The molecule has 6 heteroatoms. The minimum Gasteiger partial charge on any atom is -0.344 e. The Bertz CT molecular complexity index is 284. The van der Waals surface area contributed by atoms with E-state index in [9.17, 15) is 0 Å². The molecule has 0 aromatic carbocycles. The molecule has 2 aromatic heterocycles. The Labute approximate surface area is 56.3 Å². The molecule has 2 aromatic rings. The molecule has 0 aliphatic heterocycles. The zero-order chi connectivity index (χ0) is 6.10. The highest BCUT2D eigenvalue weighted by atomic mass is 15.3. The molecular formula is C4H6N6. The molecule has 52 valence electrons. The summed E-state index contributed by atoms with van der Waals surface area (Å²) < 4.78 is 0. The van der Waals surface area contributed by atoms with Crippen LogP contribution in [0.25, 0.3) is 11.2 Å². The Morgan fingerprint density at radius 1 is 1.30 bits per heavy atom. The topological polar surface area (TPSA) is 102 Å². The zero-order valence-electron chi connectivity index (χ0n) is 5.15. The van der Waals surface area contributed by atoms with Gasteiger partial charge in [-0.25, -0.2) is 9.97 Å². The maximum atomic E-state index is 3.83. The summed E-state index contributed by atoms with van der Waals surface area (Å²) in [7, 11) is 0. The van der Waals surface area contributed by atoms with Crippen molar-refractivity contribution in [1.82, 2.24) is 31.5 Å². The Morgan fingerprint density at radius 2 is 2.20 bits per heavy atom. The van der Waals surface area contributed by atoms with Crippen LogP contribution in [0, 0.1) is 0 Å². The number of aromatic amines is 1. The van der Waals surface area contributed by atoms with Gasteiger partial charge in [0.25, 0.3) is 0 Å². The van der Waals surface area contributed by atoms with Gasteiger partial charge >= 0.3 is 0 Å². The van der Waals surface area contributed by atoms with Gasteiger partial charge in [-0.3, -0.25) is 0 Å². The molecule has 0 saturated heterocycles. The van der Waals surface area contributed by atoms with Gasteiger partial charge in [-0.05, 0) is 0 Å². The van der Waals surface area contributed by atoms with E-state index >= 15 is 0 Å². The smallest absolute Gasteiger partial charge is 0.204 e. The summed E-state index contributed by atoms with van der Waals surface area (Å²) in [5.74, 6) is 0. The largest absolute Gasteiger partial charge is 0.344 e. The minimum atomic E-state index is 0. The Balaban J connectivity index is 0.000000500. The van der Waals surface area contributed by atoms with Crippen LogP contribution in [-0.2, 0) is 0 Å². The SMILES string of the molecule is N.c1ncc2n[nH]nc2n1. The first-order chi connectivity index (χ1) is 4.47. The lowest BCUT2D eigenvalue weighted by molar-refractivity contribution is 0.954. The molecule has 0 aliphatic carbocycles. The van der Waals surface area contributed by atoms with Gasteiger partial charge in [0.1, 0.15) is 11.8 Å². The Kier molecular flexibility index (Phi) is 1.55. The lowest BCUT2D eigenvalue weighted by Gasteiger charge is -1.77. The van der Waals surface area contributed by atoms with Crippen molar-refractivity contribution in [3.05, 3.63) is 12.5 Å². The molecule has 0 spiro atoms. The van der Waals surface area contributed by atoms with Gasteiger partial charge in [0.2, 0.25) is 5.65 Å². The molecule has 0 fully saturated rings. The summed E-state index contributed by atoms with van der Waals surface area (Å²) in [6.45, 7) is 0. The van der Waals surface area contributed by atoms with Crippen LogP contribution in [0.1, 0.15) is 0 Å². The average molecular weight is 138 g/mol. The van der Waals surface area contributed by atoms with Gasteiger partial charge in [0, 0.05) is 0 Å². The average Bonchev–Trinajstić information content (AvgIpc) is 2.33. The molecule has 10 heavy (non-hydrogen) atoms. The van der Waals surface area contributed by atoms with Crippen LogP contribution in [0.4, 0.5) is 0 Å². The third kappa shape index (κ3) is 0.799. The van der Waals surface area contributed by atoms with Crippen molar-refractivity contribution < 1.29 is 0 Å². The zero-order valence-corrected chi connectivity index (χ0v) is 5.15. The van der Waals surface area contributed by atoms with Gasteiger partial charge < -0.3 is 6.15 Å². The fourth-order valence-electron chi connectivity index (χ4n) is 0.607. The lowest BCUT2D eigenvalue weighted by Crippen LogP contribution is -1.76. The molecule has 2 heterocycles. The number of hydrogen-bond acceptors (Lipinski definition) is 5. The molecule has 0 aliphatic rings. The van der Waals surface area contributed by atoms with Gasteiger partial charge in [-0.2, -0.15) is 10.3 Å². The third-order valence-electron chi connectivity index (χ3n) is 0.999. The van der Waals surface area contributed by atoms with Crippen molar-refractivity contribution in [3.8, 4) is 0 Å². The number of rotatable bonds is 0. The fourth-order valence-corrected chi connectivity index (χ4v) is 0.607. The van der Waals surface area contributed by atoms with Crippen molar-refractivity contribution >= 4 is 11.2 Å². The summed E-state index contributed by atoms with van der Waals surface area (Å²) in [6.07, 6.45) is 3.04. The number of hydrogen-bond donors (Lipinski definition) is 2. The first-order valence-corrected chi connectivity index (χ1v) is 2.43. The summed E-state index contributed by atoms with van der Waals surface area (Å²) in [5.41, 5.74) is 1.29. The van der Waals surface area contributed by atoms with E-state index in [4.69, 9.17) is 0 Å². The highest BCUT2D eigenvalue weighted by Gasteiger charge is 1.93. The van der Waals surface area contributed by atoms with Crippen molar-refractivity contribution in [1.29, 1.82) is 0 Å². The first-order valence-electron chi connectivity index (χ1n) is 2.43. The van der Waals surface area contributed by atoms with Gasteiger partial charge in [-0.1, -0.05) is 0 Å². The molecule has 0 bridgehead atoms. The molecule has 0 amide bonds. The normalized spacial score (nSPS) is 9.20. The standard InChI is InChI=1S/C4H3N5.H3N/c1-3-4(6-2-5-1)8-9-7-3;/h1-2H,(H,5,6,7,8,9);1H3. The van der Waals surface area contributed by atoms with Crippen LogP contribution in [0.15, 0.2) is 12.5 Å². The maximum absolute atomic E-state index is 3.83. The number of nitrogens with zero attached hydrogens (tertiary/aromatic N) is 4. The van der Waals surface area contributed by atoms with E-state index in [1.54, 1.807) is 6.20 Å². The van der Waals surface area contributed by atoms with Crippen molar-refractivity contribution in [3.63, 3.8) is 0 Å². The Morgan fingerprint density at radius 3 is 3.00 bits per heavy atom. The van der Waals surface area contributed by atoms with E-state index in [0.29, 0.717) is 11.2 Å². The molecule has 6 nitrogen and oxygen atoms in total. The van der Waals surface area contributed by atoms with Crippen molar-refractivity contribution in [2.45, 2.75) is 0 Å². The number of nitrogens with one attached hydrogen (secondary N) is 1. The maximum Gasteiger partial charge on any atom is 0.204 e. The van der Waals surface area contributed by atoms with Crippen molar-refractivity contribution in [2.24, 2.45) is 0 Å². The number of aromatic nitrogens is 5. The van der Waals surface area contributed by atoms with Crippen LogP contribution in [-0.4, -0.2) is 25.4 Å². The second-order valence-corrected chi connectivity index (χ2v) is 1.56. The summed E-state index contributed by atoms with van der Waals surface area (Å²) in [5, 5.41) is 9.92. The highest BCUT2D eigenvalue weighted by Crippen LogP contribution is 1.96. The molecule has 0 unspecified atom stereocenters. The molecule has 0 saturated carbocycles. The molecule has 4 N–H and O–H groups in total. The van der Waals surface area contributed by atoms with E-state index in [-0.39, 0.29) is 6.15 Å². The molecule has 2 rings (SSSR count). The summed E-state index contributed by atoms with van der Waals surface area (Å²) in [6, 6.07) is 0. The van der Waals surface area contributed by atoms with Gasteiger partial charge in [0.05, 0.1) is 6.20 Å². The van der Waals surface area contributed by atoms with Crippen molar-refractivity contribution in [2.75, 3.05) is 0 Å². The van der Waals surface area contributed by atoms with E-state index in [0.717, 1.165) is 0 Å². The summed E-state index contributed by atoms with van der Waals surface area (Å²) >= 11 is 0. The van der Waals surface area contributed by atoms with E-state index in [2.05, 4.69) is 25.4 Å². The fraction of sp³-hybridized carbons (Fsp3) is 0. The van der Waals surface area contributed by atoms with Gasteiger partial charge in [-0.15, -0.1) is 5.10 Å². The minimum absolute atomic E-state index is 0. The predicted molar refractivity (Wildman–Crippen MR) is 34.5 cm³/mol. The summed E-state index contributed by atoms with van der Waals surface area (Å²) in [4.78, 5) is 7.58. The van der Waals surface area contributed by atoms with Crippen LogP contribution >= 0.6 is 0 Å². The van der Waals surface area contributed by atoms with Crippen LogP contribution in [0.2, 0.25) is 0 Å². The predicted octanol–water partition coefficient (Wildman–Crippen LogP) is -0.0901. The third-order valence-corrected chi connectivity index (χ3v) is 0.999. The van der Waals surface area contributed by atoms with E-state index in [1.165, 1.54) is 6.33 Å².